The maximum absolute atomic E-state index is 12.7. The second-order valence-electron chi connectivity index (χ2n) is 5.85. The molecule has 0 aromatic heterocycles. The largest absolute Gasteiger partial charge is 0.497 e. The molecule has 0 bridgehead atoms. The standard InChI is InChI=1S/C17H26N2O4.ClH/c1-19(16(20)17(13-18)7-10-22-11-8-17)9-12-23-15-5-3-14(21-2)4-6-15;/h3-6H,7-13,18H2,1-2H3;1H. The van der Waals surface area contributed by atoms with Crippen LogP contribution in [0.4, 0.5) is 0 Å². The Balaban J connectivity index is 0.00000288. The molecule has 0 atom stereocenters. The molecule has 2 N–H and O–H groups in total. The van der Waals surface area contributed by atoms with Gasteiger partial charge in [0.15, 0.2) is 0 Å². The number of hydrogen-bond acceptors (Lipinski definition) is 5. The molecule has 24 heavy (non-hydrogen) atoms. The molecule has 0 saturated carbocycles. The zero-order chi connectivity index (χ0) is 16.7. The average molecular weight is 359 g/mol. The average Bonchev–Trinajstić information content (AvgIpc) is 2.62. The van der Waals surface area contributed by atoms with Crippen LogP contribution in [0, 0.1) is 5.41 Å². The highest BCUT2D eigenvalue weighted by Gasteiger charge is 2.40. The summed E-state index contributed by atoms with van der Waals surface area (Å²) in [6.07, 6.45) is 1.37. The number of rotatable bonds is 7. The minimum absolute atomic E-state index is 0. The molecule has 2 rings (SSSR count). The first kappa shape index (κ1) is 20.5. The molecule has 7 heteroatoms. The third-order valence-corrected chi connectivity index (χ3v) is 4.40. The van der Waals surface area contributed by atoms with Crippen LogP contribution in [0.3, 0.4) is 0 Å². The molecule has 0 spiro atoms. The van der Waals surface area contributed by atoms with Gasteiger partial charge in [0.2, 0.25) is 5.91 Å². The zero-order valence-corrected chi connectivity index (χ0v) is 15.1. The van der Waals surface area contributed by atoms with E-state index in [4.69, 9.17) is 19.9 Å². The fourth-order valence-electron chi connectivity index (χ4n) is 2.75. The minimum atomic E-state index is -0.479. The van der Waals surface area contributed by atoms with E-state index in [2.05, 4.69) is 0 Å². The van der Waals surface area contributed by atoms with Gasteiger partial charge in [-0.15, -0.1) is 12.4 Å². The molecule has 1 fully saturated rings. The molecule has 0 unspecified atom stereocenters. The van der Waals surface area contributed by atoms with Crippen molar-refractivity contribution in [2.24, 2.45) is 11.1 Å². The lowest BCUT2D eigenvalue weighted by Crippen LogP contribution is -2.50. The van der Waals surface area contributed by atoms with E-state index in [1.165, 1.54) is 0 Å². The fraction of sp³-hybridized carbons (Fsp3) is 0.588. The molecule has 0 radical (unpaired) electrons. The number of benzene rings is 1. The second-order valence-corrected chi connectivity index (χ2v) is 5.85. The molecular weight excluding hydrogens is 332 g/mol. The van der Waals surface area contributed by atoms with Gasteiger partial charge in [0.1, 0.15) is 18.1 Å². The maximum atomic E-state index is 12.7. The summed E-state index contributed by atoms with van der Waals surface area (Å²) in [4.78, 5) is 14.4. The van der Waals surface area contributed by atoms with Crippen LogP contribution in [-0.2, 0) is 9.53 Å². The lowest BCUT2D eigenvalue weighted by Gasteiger charge is -2.37. The Morgan fingerprint density at radius 1 is 1.25 bits per heavy atom. The molecule has 1 amide bonds. The Hall–Kier alpha value is -1.50. The number of nitrogens with two attached hydrogens (primary N) is 1. The predicted molar refractivity (Wildman–Crippen MR) is 94.9 cm³/mol. The Kier molecular flexibility index (Phi) is 8.31. The maximum Gasteiger partial charge on any atom is 0.230 e. The van der Waals surface area contributed by atoms with Gasteiger partial charge in [-0.05, 0) is 37.1 Å². The van der Waals surface area contributed by atoms with Crippen molar-refractivity contribution in [1.29, 1.82) is 0 Å². The van der Waals surface area contributed by atoms with Crippen LogP contribution in [0.5, 0.6) is 11.5 Å². The summed E-state index contributed by atoms with van der Waals surface area (Å²) >= 11 is 0. The van der Waals surface area contributed by atoms with Crippen LogP contribution in [0.25, 0.3) is 0 Å². The topological polar surface area (TPSA) is 74.0 Å². The van der Waals surface area contributed by atoms with Gasteiger partial charge in [-0.1, -0.05) is 0 Å². The van der Waals surface area contributed by atoms with Crippen LogP contribution in [-0.4, -0.2) is 57.9 Å². The fourth-order valence-corrected chi connectivity index (χ4v) is 2.75. The van der Waals surface area contributed by atoms with Gasteiger partial charge >= 0.3 is 0 Å². The third-order valence-electron chi connectivity index (χ3n) is 4.40. The number of ether oxygens (including phenoxy) is 3. The Labute approximate surface area is 149 Å². The quantitative estimate of drug-likeness (QED) is 0.803. The van der Waals surface area contributed by atoms with E-state index >= 15 is 0 Å². The molecule has 6 nitrogen and oxygen atoms in total. The van der Waals surface area contributed by atoms with Gasteiger partial charge in [0, 0.05) is 26.8 Å². The number of carbonyl (C=O) groups is 1. The van der Waals surface area contributed by atoms with Crippen LogP contribution >= 0.6 is 12.4 Å². The second kappa shape index (κ2) is 9.71. The Morgan fingerprint density at radius 3 is 2.38 bits per heavy atom. The highest BCUT2D eigenvalue weighted by Crippen LogP contribution is 2.31. The number of methoxy groups -OCH3 is 1. The van der Waals surface area contributed by atoms with Crippen molar-refractivity contribution in [3.05, 3.63) is 24.3 Å². The van der Waals surface area contributed by atoms with E-state index in [0.717, 1.165) is 11.5 Å². The lowest BCUT2D eigenvalue weighted by molar-refractivity contribution is -0.146. The van der Waals surface area contributed by atoms with E-state index in [1.807, 2.05) is 24.3 Å². The predicted octanol–water partition coefficient (Wildman–Crippen LogP) is 1.71. The summed E-state index contributed by atoms with van der Waals surface area (Å²) in [7, 11) is 3.42. The van der Waals surface area contributed by atoms with E-state index in [0.29, 0.717) is 45.8 Å². The molecule has 1 aromatic carbocycles. The molecule has 1 saturated heterocycles. The number of carbonyl (C=O) groups excluding carboxylic acids is 1. The van der Waals surface area contributed by atoms with Crippen LogP contribution in [0.1, 0.15) is 12.8 Å². The Morgan fingerprint density at radius 2 is 1.83 bits per heavy atom. The molecule has 136 valence electrons. The van der Waals surface area contributed by atoms with Crippen molar-refractivity contribution < 1.29 is 19.0 Å². The van der Waals surface area contributed by atoms with Crippen LogP contribution in [0.15, 0.2) is 24.3 Å². The first-order chi connectivity index (χ1) is 11.1. The van der Waals surface area contributed by atoms with Gasteiger partial charge in [-0.2, -0.15) is 0 Å². The molecule has 1 aliphatic rings. The van der Waals surface area contributed by atoms with E-state index < -0.39 is 5.41 Å². The highest BCUT2D eigenvalue weighted by molar-refractivity contribution is 5.85. The summed E-state index contributed by atoms with van der Waals surface area (Å²) in [6.45, 7) is 2.51. The van der Waals surface area contributed by atoms with Crippen molar-refractivity contribution >= 4 is 18.3 Å². The van der Waals surface area contributed by atoms with Crippen molar-refractivity contribution in [1.82, 2.24) is 4.90 Å². The summed E-state index contributed by atoms with van der Waals surface area (Å²) in [5.74, 6) is 1.63. The van der Waals surface area contributed by atoms with Gasteiger partial charge in [-0.3, -0.25) is 4.79 Å². The summed E-state index contributed by atoms with van der Waals surface area (Å²) in [5.41, 5.74) is 5.40. The van der Waals surface area contributed by atoms with E-state index in [-0.39, 0.29) is 18.3 Å². The van der Waals surface area contributed by atoms with Crippen LogP contribution in [0.2, 0.25) is 0 Å². The zero-order valence-electron chi connectivity index (χ0n) is 14.3. The van der Waals surface area contributed by atoms with E-state index in [9.17, 15) is 4.79 Å². The smallest absolute Gasteiger partial charge is 0.230 e. The number of likely N-dealkylation sites (N-methyl/N-ethyl adjacent to an activating group) is 1. The molecule has 0 aliphatic carbocycles. The SMILES string of the molecule is COc1ccc(OCCN(C)C(=O)C2(CN)CCOCC2)cc1.Cl. The summed E-state index contributed by atoms with van der Waals surface area (Å²) in [6, 6.07) is 7.38. The Bertz CT molecular complexity index is 504. The van der Waals surface area contributed by atoms with Gasteiger partial charge < -0.3 is 24.8 Å². The normalized spacial score (nSPS) is 16.0. The third kappa shape index (κ3) is 5.00. The minimum Gasteiger partial charge on any atom is -0.497 e. The van der Waals surface area contributed by atoms with E-state index in [1.54, 1.807) is 19.1 Å². The highest BCUT2D eigenvalue weighted by atomic mass is 35.5. The van der Waals surface area contributed by atoms with Crippen molar-refractivity contribution in [3.63, 3.8) is 0 Å². The molecule has 1 aliphatic heterocycles. The van der Waals surface area contributed by atoms with Crippen molar-refractivity contribution in [2.45, 2.75) is 12.8 Å². The van der Waals surface area contributed by atoms with Gasteiger partial charge in [-0.25, -0.2) is 0 Å². The monoisotopic (exact) mass is 358 g/mol. The van der Waals surface area contributed by atoms with Gasteiger partial charge in [0.25, 0.3) is 0 Å². The number of amides is 1. The number of nitrogens with zero attached hydrogens (tertiary/aromatic N) is 1. The van der Waals surface area contributed by atoms with Gasteiger partial charge in [0.05, 0.1) is 19.1 Å². The molecule has 1 aromatic rings. The molecule has 1 heterocycles. The van der Waals surface area contributed by atoms with Crippen molar-refractivity contribution in [3.8, 4) is 11.5 Å². The van der Waals surface area contributed by atoms with Crippen molar-refractivity contribution in [2.75, 3.05) is 47.1 Å². The first-order valence-electron chi connectivity index (χ1n) is 7.91. The molecular formula is C17H27ClN2O4. The van der Waals surface area contributed by atoms with Crippen LogP contribution < -0.4 is 15.2 Å². The lowest BCUT2D eigenvalue weighted by atomic mass is 9.79. The number of halogens is 1. The summed E-state index contributed by atoms with van der Waals surface area (Å²) in [5, 5.41) is 0. The first-order valence-corrected chi connectivity index (χ1v) is 7.91. The number of hydrogen-bond donors (Lipinski definition) is 1. The summed E-state index contributed by atoms with van der Waals surface area (Å²) < 4.78 is 16.1.